The van der Waals surface area contributed by atoms with Gasteiger partial charge in [0.1, 0.15) is 10.8 Å². The first-order chi connectivity index (χ1) is 6.65. The lowest BCUT2D eigenvalue weighted by atomic mass is 10.2. The van der Waals surface area contributed by atoms with E-state index in [1.807, 2.05) is 17.8 Å². The molecule has 1 atom stereocenters. The van der Waals surface area contributed by atoms with Crippen LogP contribution < -0.4 is 10.6 Å². The van der Waals surface area contributed by atoms with Crippen molar-refractivity contribution < 1.29 is 0 Å². The van der Waals surface area contributed by atoms with Crippen molar-refractivity contribution in [2.24, 2.45) is 0 Å². The molecule has 5 heteroatoms. The molecule has 0 fully saturated rings. The van der Waals surface area contributed by atoms with Crippen molar-refractivity contribution >= 4 is 34.1 Å². The monoisotopic (exact) mass is 231 g/mol. The number of nitrogen functional groups attached to an aromatic ring is 1. The SMILES string of the molecule is CSCCC(C)N(C)c1cc(N)ns1. The van der Waals surface area contributed by atoms with E-state index in [0.717, 1.165) is 5.00 Å². The molecule has 0 amide bonds. The summed E-state index contributed by atoms with van der Waals surface area (Å²) in [5.74, 6) is 1.81. The van der Waals surface area contributed by atoms with Gasteiger partial charge in [0.25, 0.3) is 0 Å². The van der Waals surface area contributed by atoms with E-state index >= 15 is 0 Å². The molecule has 2 N–H and O–H groups in total. The molecular formula is C9H17N3S2. The van der Waals surface area contributed by atoms with Crippen molar-refractivity contribution in [2.75, 3.05) is 29.7 Å². The van der Waals surface area contributed by atoms with Gasteiger partial charge in [0.2, 0.25) is 0 Å². The minimum atomic E-state index is 0.544. The van der Waals surface area contributed by atoms with Crippen LogP contribution in [-0.2, 0) is 0 Å². The quantitative estimate of drug-likeness (QED) is 0.844. The van der Waals surface area contributed by atoms with Gasteiger partial charge in [-0.3, -0.25) is 0 Å². The van der Waals surface area contributed by atoms with Gasteiger partial charge < -0.3 is 10.6 Å². The number of hydrogen-bond acceptors (Lipinski definition) is 5. The van der Waals surface area contributed by atoms with E-state index in [1.54, 1.807) is 0 Å². The number of thioether (sulfide) groups is 1. The highest BCUT2D eigenvalue weighted by atomic mass is 32.2. The highest BCUT2D eigenvalue weighted by Gasteiger charge is 2.11. The Labute approximate surface area is 93.8 Å². The van der Waals surface area contributed by atoms with Gasteiger partial charge in [-0.05, 0) is 36.9 Å². The second-order valence-electron chi connectivity index (χ2n) is 3.33. The Bertz CT molecular complexity index is 275. The first-order valence-corrected chi connectivity index (χ1v) is 6.76. The fourth-order valence-electron chi connectivity index (χ4n) is 1.14. The van der Waals surface area contributed by atoms with Crippen LogP contribution in [0.15, 0.2) is 6.07 Å². The van der Waals surface area contributed by atoms with E-state index in [-0.39, 0.29) is 0 Å². The Morgan fingerprint density at radius 3 is 2.93 bits per heavy atom. The van der Waals surface area contributed by atoms with Gasteiger partial charge >= 0.3 is 0 Å². The number of anilines is 2. The summed E-state index contributed by atoms with van der Waals surface area (Å²) in [4.78, 5) is 2.24. The van der Waals surface area contributed by atoms with Crippen molar-refractivity contribution in [3.05, 3.63) is 6.07 Å². The maximum atomic E-state index is 5.59. The van der Waals surface area contributed by atoms with Crippen LogP contribution in [0.2, 0.25) is 0 Å². The Balaban J connectivity index is 2.51. The summed E-state index contributed by atoms with van der Waals surface area (Å²) >= 11 is 3.35. The maximum Gasteiger partial charge on any atom is 0.139 e. The number of nitrogens with zero attached hydrogens (tertiary/aromatic N) is 2. The number of aromatic nitrogens is 1. The topological polar surface area (TPSA) is 42.1 Å². The lowest BCUT2D eigenvalue weighted by Crippen LogP contribution is -2.28. The summed E-state index contributed by atoms with van der Waals surface area (Å²) in [6.45, 7) is 2.23. The molecule has 1 rings (SSSR count). The first kappa shape index (κ1) is 11.7. The van der Waals surface area contributed by atoms with Crippen LogP contribution >= 0.6 is 23.3 Å². The Kier molecular flexibility index (Phi) is 4.54. The summed E-state index contributed by atoms with van der Waals surface area (Å²) in [5.41, 5.74) is 5.59. The molecular weight excluding hydrogens is 214 g/mol. The predicted octanol–water partition coefficient (Wildman–Crippen LogP) is 2.30. The Morgan fingerprint density at radius 2 is 2.43 bits per heavy atom. The van der Waals surface area contributed by atoms with E-state index in [4.69, 9.17) is 5.73 Å². The average molecular weight is 231 g/mol. The van der Waals surface area contributed by atoms with Crippen LogP contribution in [0.3, 0.4) is 0 Å². The van der Waals surface area contributed by atoms with Crippen LogP contribution in [0.5, 0.6) is 0 Å². The van der Waals surface area contributed by atoms with Crippen molar-refractivity contribution in [2.45, 2.75) is 19.4 Å². The smallest absolute Gasteiger partial charge is 0.139 e. The van der Waals surface area contributed by atoms with Gasteiger partial charge in [0, 0.05) is 19.2 Å². The molecule has 1 heterocycles. The highest BCUT2D eigenvalue weighted by Crippen LogP contribution is 2.24. The summed E-state index contributed by atoms with van der Waals surface area (Å²) < 4.78 is 4.07. The van der Waals surface area contributed by atoms with Crippen LogP contribution in [0, 0.1) is 0 Å². The summed E-state index contributed by atoms with van der Waals surface area (Å²) in [7, 11) is 2.10. The predicted molar refractivity (Wildman–Crippen MR) is 67.4 cm³/mol. The maximum absolute atomic E-state index is 5.59. The normalized spacial score (nSPS) is 12.8. The molecule has 80 valence electrons. The zero-order valence-electron chi connectivity index (χ0n) is 8.86. The largest absolute Gasteiger partial charge is 0.383 e. The summed E-state index contributed by atoms with van der Waals surface area (Å²) in [6.07, 6.45) is 3.33. The van der Waals surface area contributed by atoms with E-state index < -0.39 is 0 Å². The molecule has 0 radical (unpaired) electrons. The van der Waals surface area contributed by atoms with Gasteiger partial charge in [-0.1, -0.05) is 0 Å². The molecule has 0 saturated carbocycles. The second-order valence-corrected chi connectivity index (χ2v) is 5.10. The zero-order valence-corrected chi connectivity index (χ0v) is 10.5. The highest BCUT2D eigenvalue weighted by molar-refractivity contribution is 7.98. The fourth-order valence-corrected chi connectivity index (χ4v) is 2.45. The van der Waals surface area contributed by atoms with Gasteiger partial charge in [-0.25, -0.2) is 0 Å². The van der Waals surface area contributed by atoms with Crippen LogP contribution in [0.4, 0.5) is 10.8 Å². The molecule has 1 aromatic heterocycles. The van der Waals surface area contributed by atoms with Gasteiger partial charge in [0.15, 0.2) is 0 Å². The molecule has 0 aliphatic heterocycles. The average Bonchev–Trinajstić information content (AvgIpc) is 2.60. The molecule has 0 bridgehead atoms. The van der Waals surface area contributed by atoms with Gasteiger partial charge in [0.05, 0.1) is 0 Å². The molecule has 14 heavy (non-hydrogen) atoms. The van der Waals surface area contributed by atoms with Crippen LogP contribution in [0.25, 0.3) is 0 Å². The third kappa shape index (κ3) is 3.06. The van der Waals surface area contributed by atoms with Crippen molar-refractivity contribution in [3.63, 3.8) is 0 Å². The lowest BCUT2D eigenvalue weighted by molar-refractivity contribution is 0.673. The van der Waals surface area contributed by atoms with E-state index in [0.29, 0.717) is 11.9 Å². The van der Waals surface area contributed by atoms with Crippen LogP contribution in [0.1, 0.15) is 13.3 Å². The minimum absolute atomic E-state index is 0.544. The van der Waals surface area contributed by atoms with Crippen molar-refractivity contribution in [3.8, 4) is 0 Å². The number of nitrogens with two attached hydrogens (primary N) is 1. The van der Waals surface area contributed by atoms with Gasteiger partial charge in [-0.15, -0.1) is 0 Å². The fraction of sp³-hybridized carbons (Fsp3) is 0.667. The molecule has 1 unspecified atom stereocenters. The second kappa shape index (κ2) is 5.46. The molecule has 0 saturated heterocycles. The van der Waals surface area contributed by atoms with Crippen molar-refractivity contribution in [1.82, 2.24) is 4.37 Å². The summed E-state index contributed by atoms with van der Waals surface area (Å²) in [6, 6.07) is 2.47. The number of rotatable bonds is 5. The number of hydrogen-bond donors (Lipinski definition) is 1. The summed E-state index contributed by atoms with van der Waals surface area (Å²) in [5, 5.41) is 1.15. The van der Waals surface area contributed by atoms with E-state index in [2.05, 4.69) is 29.5 Å². The van der Waals surface area contributed by atoms with E-state index in [1.165, 1.54) is 23.7 Å². The molecule has 0 aliphatic rings. The Morgan fingerprint density at radius 1 is 1.71 bits per heavy atom. The minimum Gasteiger partial charge on any atom is -0.383 e. The molecule has 3 nitrogen and oxygen atoms in total. The zero-order chi connectivity index (χ0) is 10.6. The standard InChI is InChI=1S/C9H17N3S2/c1-7(4-5-13-3)12(2)9-6-8(10)11-14-9/h6-7H,4-5H2,1-3H3,(H2,10,11). The molecule has 1 aromatic rings. The van der Waals surface area contributed by atoms with Crippen molar-refractivity contribution in [1.29, 1.82) is 0 Å². The Hall–Kier alpha value is -0.420. The van der Waals surface area contributed by atoms with E-state index in [9.17, 15) is 0 Å². The molecule has 0 spiro atoms. The molecule has 0 aromatic carbocycles. The lowest BCUT2D eigenvalue weighted by Gasteiger charge is -2.24. The van der Waals surface area contributed by atoms with Gasteiger partial charge in [-0.2, -0.15) is 16.1 Å². The third-order valence-corrected chi connectivity index (χ3v) is 3.80. The third-order valence-electron chi connectivity index (χ3n) is 2.26. The van der Waals surface area contributed by atoms with Crippen LogP contribution in [-0.4, -0.2) is 29.5 Å². The first-order valence-electron chi connectivity index (χ1n) is 4.59. The molecule has 0 aliphatic carbocycles.